The summed E-state index contributed by atoms with van der Waals surface area (Å²) in [6.07, 6.45) is 1.51. The summed E-state index contributed by atoms with van der Waals surface area (Å²) in [7, 11) is 0. The van der Waals surface area contributed by atoms with Crippen molar-refractivity contribution in [1.29, 1.82) is 0 Å². The topological polar surface area (TPSA) is 59.0 Å². The minimum absolute atomic E-state index is 0.0311. The highest BCUT2D eigenvalue weighted by molar-refractivity contribution is 5.90. The molecule has 204 valence electrons. The molecule has 0 bridgehead atoms. The molecular formula is C33H43NO4. The lowest BCUT2D eigenvalue weighted by molar-refractivity contribution is 0.0526. The van der Waals surface area contributed by atoms with Crippen LogP contribution in [0.25, 0.3) is 22.3 Å². The number of esters is 1. The first-order valence-corrected chi connectivity index (χ1v) is 13.8. The van der Waals surface area contributed by atoms with Crippen molar-refractivity contribution in [3.05, 3.63) is 71.8 Å². The van der Waals surface area contributed by atoms with Gasteiger partial charge in [0, 0.05) is 30.9 Å². The molecule has 0 atom stereocenters. The number of aliphatic hydroxyl groups is 1. The van der Waals surface area contributed by atoms with E-state index in [9.17, 15) is 9.90 Å². The summed E-state index contributed by atoms with van der Waals surface area (Å²) in [6.45, 7) is 15.9. The van der Waals surface area contributed by atoms with Crippen LogP contribution in [0.15, 0.2) is 60.7 Å². The van der Waals surface area contributed by atoms with Gasteiger partial charge in [-0.05, 0) is 97.7 Å². The van der Waals surface area contributed by atoms with Gasteiger partial charge in [0.05, 0.1) is 18.8 Å². The van der Waals surface area contributed by atoms with Crippen molar-refractivity contribution in [2.75, 3.05) is 37.8 Å². The van der Waals surface area contributed by atoms with Crippen molar-refractivity contribution in [1.82, 2.24) is 0 Å². The van der Waals surface area contributed by atoms with Crippen molar-refractivity contribution in [2.45, 2.75) is 59.8 Å². The molecule has 0 aliphatic carbocycles. The van der Waals surface area contributed by atoms with Gasteiger partial charge in [-0.15, -0.1) is 0 Å². The first-order chi connectivity index (χ1) is 18.2. The summed E-state index contributed by atoms with van der Waals surface area (Å²) in [5, 5.41) is 9.17. The first-order valence-electron chi connectivity index (χ1n) is 13.8. The zero-order valence-electron chi connectivity index (χ0n) is 23.8. The van der Waals surface area contributed by atoms with E-state index in [1.165, 1.54) is 11.3 Å². The molecule has 5 heteroatoms. The van der Waals surface area contributed by atoms with Gasteiger partial charge in [-0.2, -0.15) is 0 Å². The molecule has 0 fully saturated rings. The molecule has 0 saturated heterocycles. The van der Waals surface area contributed by atoms with Gasteiger partial charge in [0.1, 0.15) is 5.75 Å². The van der Waals surface area contributed by atoms with Crippen molar-refractivity contribution < 1.29 is 19.4 Å². The second kappa shape index (κ2) is 13.5. The summed E-state index contributed by atoms with van der Waals surface area (Å²) in [6, 6.07) is 20.5. The monoisotopic (exact) mass is 517 g/mol. The number of hydrogen-bond donors (Lipinski definition) is 1. The average Bonchev–Trinajstić information content (AvgIpc) is 2.91. The molecule has 0 radical (unpaired) electrons. The molecule has 3 rings (SSSR count). The summed E-state index contributed by atoms with van der Waals surface area (Å²) < 4.78 is 11.4. The molecule has 0 aliphatic rings. The number of aliphatic hydroxyl groups excluding tert-OH is 1. The molecule has 5 nitrogen and oxygen atoms in total. The maximum absolute atomic E-state index is 12.1. The number of anilines is 1. The van der Waals surface area contributed by atoms with Crippen LogP contribution in [0.4, 0.5) is 5.69 Å². The number of nitrogens with zero attached hydrogens (tertiary/aromatic N) is 1. The van der Waals surface area contributed by atoms with Crippen LogP contribution >= 0.6 is 0 Å². The summed E-state index contributed by atoms with van der Waals surface area (Å²) in [5.41, 5.74) is 7.27. The van der Waals surface area contributed by atoms with Gasteiger partial charge in [0.25, 0.3) is 0 Å². The fourth-order valence-electron chi connectivity index (χ4n) is 4.61. The van der Waals surface area contributed by atoms with Gasteiger partial charge < -0.3 is 19.5 Å². The van der Waals surface area contributed by atoms with E-state index in [0.29, 0.717) is 25.2 Å². The van der Waals surface area contributed by atoms with Gasteiger partial charge in [0.2, 0.25) is 0 Å². The molecule has 0 amide bonds. The van der Waals surface area contributed by atoms with Gasteiger partial charge in [-0.3, -0.25) is 0 Å². The quantitative estimate of drug-likeness (QED) is 0.199. The Bertz CT molecular complexity index is 1190. The molecule has 3 aromatic rings. The second-order valence-corrected chi connectivity index (χ2v) is 10.4. The molecule has 0 saturated carbocycles. The van der Waals surface area contributed by atoms with Crippen molar-refractivity contribution >= 4 is 11.7 Å². The smallest absolute Gasteiger partial charge is 0.338 e. The van der Waals surface area contributed by atoms with Crippen LogP contribution in [0.1, 0.15) is 70.3 Å². The highest BCUT2D eigenvalue weighted by Gasteiger charge is 2.22. The zero-order chi connectivity index (χ0) is 27.7. The fraction of sp³-hybridized carbons (Fsp3) is 0.424. The second-order valence-electron chi connectivity index (χ2n) is 10.4. The number of carbonyl (C=O) groups excluding carboxylic acids is 1. The normalized spacial score (nSPS) is 11.3. The van der Waals surface area contributed by atoms with Crippen LogP contribution in [0.3, 0.4) is 0 Å². The Morgan fingerprint density at radius 3 is 2.11 bits per heavy atom. The lowest BCUT2D eigenvalue weighted by atomic mass is 9.83. The zero-order valence-corrected chi connectivity index (χ0v) is 23.8. The van der Waals surface area contributed by atoms with Crippen LogP contribution < -0.4 is 9.64 Å². The molecular weight excluding hydrogens is 474 g/mol. The minimum atomic E-state index is -0.311. The third kappa shape index (κ3) is 7.16. The van der Waals surface area contributed by atoms with Crippen LogP contribution in [0.5, 0.6) is 5.75 Å². The van der Waals surface area contributed by atoms with E-state index in [0.717, 1.165) is 47.5 Å². The Morgan fingerprint density at radius 1 is 0.842 bits per heavy atom. The molecule has 0 unspecified atom stereocenters. The Morgan fingerprint density at radius 2 is 1.50 bits per heavy atom. The Hall–Kier alpha value is -3.31. The van der Waals surface area contributed by atoms with E-state index >= 15 is 0 Å². The molecule has 0 aliphatic heterocycles. The summed E-state index contributed by atoms with van der Waals surface area (Å²) in [5.74, 6) is 0.514. The van der Waals surface area contributed by atoms with Crippen LogP contribution in [-0.2, 0) is 10.2 Å². The number of carbonyl (C=O) groups is 1. The molecule has 3 aromatic carbocycles. The lowest BCUT2D eigenvalue weighted by Crippen LogP contribution is -2.26. The van der Waals surface area contributed by atoms with E-state index in [4.69, 9.17) is 9.47 Å². The number of hydrogen-bond acceptors (Lipinski definition) is 5. The summed E-state index contributed by atoms with van der Waals surface area (Å²) >= 11 is 0. The van der Waals surface area contributed by atoms with Gasteiger partial charge >= 0.3 is 5.97 Å². The third-order valence-corrected chi connectivity index (χ3v) is 6.74. The Balaban J connectivity index is 2.08. The number of rotatable bonds is 12. The number of unbranched alkanes of at least 4 members (excludes halogenated alkanes) is 1. The van der Waals surface area contributed by atoms with Crippen LogP contribution in [-0.4, -0.2) is 44.0 Å². The predicted molar refractivity (Wildman–Crippen MR) is 157 cm³/mol. The summed E-state index contributed by atoms with van der Waals surface area (Å²) in [4.78, 5) is 14.5. The van der Waals surface area contributed by atoms with E-state index in [1.54, 1.807) is 6.92 Å². The predicted octanol–water partition coefficient (Wildman–Crippen LogP) is 7.49. The van der Waals surface area contributed by atoms with Crippen molar-refractivity contribution in [3.63, 3.8) is 0 Å². The fourth-order valence-corrected chi connectivity index (χ4v) is 4.61. The minimum Gasteiger partial charge on any atom is -0.493 e. The highest BCUT2D eigenvalue weighted by atomic mass is 16.5. The van der Waals surface area contributed by atoms with E-state index < -0.39 is 0 Å². The molecule has 0 spiro atoms. The molecule has 38 heavy (non-hydrogen) atoms. The van der Waals surface area contributed by atoms with E-state index in [1.807, 2.05) is 30.3 Å². The third-order valence-electron chi connectivity index (χ3n) is 6.74. The van der Waals surface area contributed by atoms with E-state index in [-0.39, 0.29) is 18.0 Å². The molecule has 1 N–H and O–H groups in total. The maximum atomic E-state index is 12.1. The molecule has 0 aromatic heterocycles. The van der Waals surface area contributed by atoms with Crippen LogP contribution in [0, 0.1) is 0 Å². The largest absolute Gasteiger partial charge is 0.493 e. The standard InChI is InChI=1S/C33H43NO4/c1-7-34(8-2)30-18-16-27(23-29(30)33(4,5)6)28-22-26(17-19-31(28)38-21-11-10-20-35)24-12-14-25(15-13-24)32(36)37-9-3/h12-19,22-23,35H,7-11,20-21H2,1-6H3. The Labute approximate surface area is 228 Å². The number of benzene rings is 3. The lowest BCUT2D eigenvalue weighted by Gasteiger charge is -2.31. The average molecular weight is 518 g/mol. The SMILES string of the molecule is CCOC(=O)c1ccc(-c2ccc(OCCCCO)c(-c3ccc(N(CC)CC)c(C(C)(C)C)c3)c2)cc1. The Kier molecular flexibility index (Phi) is 10.4. The number of ether oxygens (including phenoxy) is 2. The van der Waals surface area contributed by atoms with Gasteiger partial charge in [-0.1, -0.05) is 45.0 Å². The highest BCUT2D eigenvalue weighted by Crippen LogP contribution is 2.40. The van der Waals surface area contributed by atoms with Crippen molar-refractivity contribution in [2.24, 2.45) is 0 Å². The molecule has 0 heterocycles. The maximum Gasteiger partial charge on any atom is 0.338 e. The van der Waals surface area contributed by atoms with E-state index in [2.05, 4.69) is 69.9 Å². The van der Waals surface area contributed by atoms with Crippen LogP contribution in [0.2, 0.25) is 0 Å². The van der Waals surface area contributed by atoms with Gasteiger partial charge in [-0.25, -0.2) is 4.79 Å². The van der Waals surface area contributed by atoms with Crippen molar-refractivity contribution in [3.8, 4) is 28.0 Å². The first kappa shape index (κ1) is 29.2. The van der Waals surface area contributed by atoms with Gasteiger partial charge in [0.15, 0.2) is 0 Å².